The number of hydrogen-bond acceptors (Lipinski definition) is 3. The molecule has 1 atom stereocenters. The van der Waals surface area contributed by atoms with Crippen LogP contribution < -0.4 is 5.73 Å². The molecule has 0 aliphatic rings. The standard InChI is InChI=1S/C7H16N2O2/c1-7(11)5-9(6-10)4-2-3-8/h6-7,11H,2-5,8H2,1H3. The molecule has 4 heteroatoms. The van der Waals surface area contributed by atoms with E-state index in [1.165, 1.54) is 4.90 Å². The highest BCUT2D eigenvalue weighted by Gasteiger charge is 2.03. The Kier molecular flexibility index (Phi) is 5.78. The Hall–Kier alpha value is -0.610. The van der Waals surface area contributed by atoms with E-state index in [1.54, 1.807) is 6.92 Å². The van der Waals surface area contributed by atoms with Gasteiger partial charge >= 0.3 is 0 Å². The Morgan fingerprint density at radius 2 is 2.36 bits per heavy atom. The Bertz CT molecular complexity index is 107. The second-order valence-corrected chi connectivity index (χ2v) is 2.59. The van der Waals surface area contributed by atoms with Crippen molar-refractivity contribution in [1.29, 1.82) is 0 Å². The second kappa shape index (κ2) is 6.12. The molecule has 0 saturated heterocycles. The average molecular weight is 160 g/mol. The van der Waals surface area contributed by atoms with Crippen LogP contribution in [0.25, 0.3) is 0 Å². The van der Waals surface area contributed by atoms with Crippen molar-refractivity contribution in [3.63, 3.8) is 0 Å². The van der Waals surface area contributed by atoms with E-state index in [9.17, 15) is 4.79 Å². The molecule has 0 aromatic heterocycles. The molecule has 0 aromatic rings. The van der Waals surface area contributed by atoms with Crippen LogP contribution in [-0.4, -0.2) is 42.2 Å². The minimum Gasteiger partial charge on any atom is -0.392 e. The fourth-order valence-electron chi connectivity index (χ4n) is 0.821. The van der Waals surface area contributed by atoms with E-state index in [1.807, 2.05) is 0 Å². The summed E-state index contributed by atoms with van der Waals surface area (Å²) in [5.74, 6) is 0. The van der Waals surface area contributed by atoms with Crippen molar-refractivity contribution in [3.05, 3.63) is 0 Å². The molecule has 66 valence electrons. The third-order valence-corrected chi connectivity index (χ3v) is 1.30. The third kappa shape index (κ3) is 5.82. The lowest BCUT2D eigenvalue weighted by molar-refractivity contribution is -0.119. The number of nitrogens with two attached hydrogens (primary N) is 1. The summed E-state index contributed by atoms with van der Waals surface area (Å²) in [6.07, 6.45) is 1.06. The molecule has 0 rings (SSSR count). The first-order valence-corrected chi connectivity index (χ1v) is 3.78. The number of aliphatic hydroxyl groups is 1. The van der Waals surface area contributed by atoms with Crippen LogP contribution in [0.15, 0.2) is 0 Å². The minimum absolute atomic E-state index is 0.392. The summed E-state index contributed by atoms with van der Waals surface area (Å²) >= 11 is 0. The van der Waals surface area contributed by atoms with Gasteiger partial charge in [-0.2, -0.15) is 0 Å². The monoisotopic (exact) mass is 160 g/mol. The van der Waals surface area contributed by atoms with Crippen LogP contribution in [0.5, 0.6) is 0 Å². The molecule has 11 heavy (non-hydrogen) atoms. The van der Waals surface area contributed by atoms with E-state index in [0.717, 1.165) is 12.8 Å². The predicted molar refractivity (Wildman–Crippen MR) is 43.0 cm³/mol. The van der Waals surface area contributed by atoms with Crippen molar-refractivity contribution < 1.29 is 9.90 Å². The van der Waals surface area contributed by atoms with Crippen molar-refractivity contribution in [1.82, 2.24) is 4.90 Å². The molecule has 0 radical (unpaired) electrons. The number of amides is 1. The first-order valence-electron chi connectivity index (χ1n) is 3.78. The quantitative estimate of drug-likeness (QED) is 0.499. The summed E-state index contributed by atoms with van der Waals surface area (Å²) in [6, 6.07) is 0. The highest BCUT2D eigenvalue weighted by molar-refractivity contribution is 5.46. The average Bonchev–Trinajstić information content (AvgIpc) is 1.97. The number of carbonyl (C=O) groups excluding carboxylic acids is 1. The molecule has 0 saturated carbocycles. The zero-order valence-corrected chi connectivity index (χ0v) is 6.86. The van der Waals surface area contributed by atoms with E-state index in [0.29, 0.717) is 19.6 Å². The van der Waals surface area contributed by atoms with Gasteiger partial charge in [-0.1, -0.05) is 0 Å². The van der Waals surface area contributed by atoms with Crippen LogP contribution >= 0.6 is 0 Å². The summed E-state index contributed by atoms with van der Waals surface area (Å²) in [4.78, 5) is 11.8. The number of nitrogens with zero attached hydrogens (tertiary/aromatic N) is 1. The zero-order chi connectivity index (χ0) is 8.69. The SMILES string of the molecule is CC(O)CN(C=O)CCCN. The molecule has 0 bridgehead atoms. The van der Waals surface area contributed by atoms with E-state index < -0.39 is 6.10 Å². The van der Waals surface area contributed by atoms with E-state index >= 15 is 0 Å². The molecule has 0 spiro atoms. The van der Waals surface area contributed by atoms with Crippen LogP contribution in [0.2, 0.25) is 0 Å². The highest BCUT2D eigenvalue weighted by atomic mass is 16.3. The van der Waals surface area contributed by atoms with Crippen LogP contribution in [0.1, 0.15) is 13.3 Å². The molecule has 0 aliphatic heterocycles. The van der Waals surface area contributed by atoms with Crippen LogP contribution in [0.4, 0.5) is 0 Å². The van der Waals surface area contributed by atoms with E-state index in [2.05, 4.69) is 0 Å². The topological polar surface area (TPSA) is 66.6 Å². The van der Waals surface area contributed by atoms with Gasteiger partial charge in [0.1, 0.15) is 0 Å². The maximum atomic E-state index is 10.3. The van der Waals surface area contributed by atoms with E-state index in [-0.39, 0.29) is 0 Å². The summed E-state index contributed by atoms with van der Waals surface area (Å²) in [5.41, 5.74) is 5.26. The van der Waals surface area contributed by atoms with Crippen molar-refractivity contribution in [2.75, 3.05) is 19.6 Å². The van der Waals surface area contributed by atoms with Gasteiger partial charge < -0.3 is 15.7 Å². The maximum absolute atomic E-state index is 10.3. The van der Waals surface area contributed by atoms with Gasteiger partial charge in [0.25, 0.3) is 0 Å². The molecule has 0 fully saturated rings. The molecule has 3 N–H and O–H groups in total. The number of aliphatic hydroxyl groups excluding tert-OH is 1. The first kappa shape index (κ1) is 10.4. The minimum atomic E-state index is -0.460. The van der Waals surface area contributed by atoms with Gasteiger partial charge in [0.05, 0.1) is 6.10 Å². The second-order valence-electron chi connectivity index (χ2n) is 2.59. The lowest BCUT2D eigenvalue weighted by atomic mass is 10.3. The molecule has 0 heterocycles. The summed E-state index contributed by atoms with van der Waals surface area (Å²) in [6.45, 7) is 3.25. The van der Waals surface area contributed by atoms with Gasteiger partial charge in [0, 0.05) is 13.1 Å². The summed E-state index contributed by atoms with van der Waals surface area (Å²) < 4.78 is 0. The van der Waals surface area contributed by atoms with Crippen molar-refractivity contribution in [2.45, 2.75) is 19.4 Å². The fraction of sp³-hybridized carbons (Fsp3) is 0.857. The van der Waals surface area contributed by atoms with Gasteiger partial charge in [-0.25, -0.2) is 0 Å². The van der Waals surface area contributed by atoms with Gasteiger partial charge in [0.15, 0.2) is 0 Å². The van der Waals surface area contributed by atoms with Crippen LogP contribution in [-0.2, 0) is 4.79 Å². The molecule has 4 nitrogen and oxygen atoms in total. The largest absolute Gasteiger partial charge is 0.392 e. The van der Waals surface area contributed by atoms with Gasteiger partial charge in [-0.3, -0.25) is 4.79 Å². The van der Waals surface area contributed by atoms with Crippen LogP contribution in [0.3, 0.4) is 0 Å². The van der Waals surface area contributed by atoms with Crippen LogP contribution in [0, 0.1) is 0 Å². The molecular formula is C7H16N2O2. The van der Waals surface area contributed by atoms with Gasteiger partial charge in [-0.05, 0) is 19.9 Å². The first-order chi connectivity index (χ1) is 5.20. The predicted octanol–water partition coefficient (Wildman–Crippen LogP) is -0.826. The smallest absolute Gasteiger partial charge is 0.209 e. The molecule has 0 aromatic carbocycles. The zero-order valence-electron chi connectivity index (χ0n) is 6.86. The molecule has 0 aliphatic carbocycles. The van der Waals surface area contributed by atoms with Gasteiger partial charge in [0.2, 0.25) is 6.41 Å². The fourth-order valence-corrected chi connectivity index (χ4v) is 0.821. The summed E-state index contributed by atoms with van der Waals surface area (Å²) in [7, 11) is 0. The van der Waals surface area contributed by atoms with Gasteiger partial charge in [-0.15, -0.1) is 0 Å². The Balaban J connectivity index is 3.49. The Morgan fingerprint density at radius 3 is 2.73 bits per heavy atom. The van der Waals surface area contributed by atoms with E-state index in [4.69, 9.17) is 10.8 Å². The third-order valence-electron chi connectivity index (χ3n) is 1.30. The molecule has 1 amide bonds. The lowest BCUT2D eigenvalue weighted by Crippen LogP contribution is -2.31. The molecular weight excluding hydrogens is 144 g/mol. The normalized spacial score (nSPS) is 12.6. The maximum Gasteiger partial charge on any atom is 0.209 e. The Morgan fingerprint density at radius 1 is 1.73 bits per heavy atom. The number of rotatable bonds is 6. The molecule has 1 unspecified atom stereocenters. The van der Waals surface area contributed by atoms with Crippen molar-refractivity contribution >= 4 is 6.41 Å². The number of carbonyl (C=O) groups is 1. The van der Waals surface area contributed by atoms with Crippen molar-refractivity contribution in [2.24, 2.45) is 5.73 Å². The lowest BCUT2D eigenvalue weighted by Gasteiger charge is -2.17. The Labute approximate surface area is 67.0 Å². The number of hydrogen-bond donors (Lipinski definition) is 2. The van der Waals surface area contributed by atoms with Crippen molar-refractivity contribution in [3.8, 4) is 0 Å². The highest BCUT2D eigenvalue weighted by Crippen LogP contribution is 1.89. The summed E-state index contributed by atoms with van der Waals surface area (Å²) in [5, 5.41) is 8.92.